The number of aryl methyl sites for hydroxylation is 2. The molecule has 0 saturated carbocycles. The lowest BCUT2D eigenvalue weighted by Crippen LogP contribution is -2.17. The minimum atomic E-state index is -3.85. The summed E-state index contributed by atoms with van der Waals surface area (Å²) in [7, 11) is -2.09. The van der Waals surface area contributed by atoms with Gasteiger partial charge in [0.15, 0.2) is 0 Å². The number of sulfonamides is 1. The zero-order chi connectivity index (χ0) is 19.6. The summed E-state index contributed by atoms with van der Waals surface area (Å²) in [6.07, 6.45) is 1.76. The van der Waals surface area contributed by atoms with Crippen LogP contribution in [0.2, 0.25) is 5.02 Å². The van der Waals surface area contributed by atoms with Gasteiger partial charge in [-0.3, -0.25) is 9.52 Å². The van der Waals surface area contributed by atoms with Gasteiger partial charge >= 0.3 is 0 Å². The fraction of sp³-hybridized carbons (Fsp3) is 0.105. The molecule has 0 atom stereocenters. The van der Waals surface area contributed by atoms with Gasteiger partial charge in [-0.15, -0.1) is 0 Å². The zero-order valence-electron chi connectivity index (χ0n) is 14.7. The maximum absolute atomic E-state index is 12.8. The second-order valence-electron chi connectivity index (χ2n) is 6.05. The summed E-state index contributed by atoms with van der Waals surface area (Å²) in [5, 5.41) is 3.15. The van der Waals surface area contributed by atoms with Crippen molar-refractivity contribution < 1.29 is 13.2 Å². The fourth-order valence-electron chi connectivity index (χ4n) is 2.62. The quantitative estimate of drug-likeness (QED) is 0.674. The van der Waals surface area contributed by atoms with Crippen LogP contribution in [0.25, 0.3) is 0 Å². The van der Waals surface area contributed by atoms with E-state index in [1.807, 2.05) is 0 Å². The van der Waals surface area contributed by atoms with Gasteiger partial charge in [-0.25, -0.2) is 8.42 Å². The lowest BCUT2D eigenvalue weighted by Gasteiger charge is -2.13. The molecule has 1 amide bonds. The standard InChI is InChI=1S/C19H18ClN3O3S/c1-13-8-9-15(21-19(24)17-7-4-10-23(17)2)12-18(13)27(25,26)22-16-6-3-5-14(20)11-16/h3-12,22H,1-2H3,(H,21,24). The van der Waals surface area contributed by atoms with E-state index in [1.54, 1.807) is 67.2 Å². The number of benzene rings is 2. The Hall–Kier alpha value is -2.77. The molecule has 0 aliphatic rings. The molecule has 0 saturated heterocycles. The summed E-state index contributed by atoms with van der Waals surface area (Å²) in [6, 6.07) is 14.6. The van der Waals surface area contributed by atoms with E-state index < -0.39 is 10.0 Å². The summed E-state index contributed by atoms with van der Waals surface area (Å²) in [5.74, 6) is -0.322. The van der Waals surface area contributed by atoms with Gasteiger partial charge in [-0.2, -0.15) is 0 Å². The van der Waals surface area contributed by atoms with Gasteiger partial charge < -0.3 is 9.88 Å². The van der Waals surface area contributed by atoms with E-state index in [0.717, 1.165) is 0 Å². The van der Waals surface area contributed by atoms with Crippen molar-refractivity contribution in [2.75, 3.05) is 10.0 Å². The molecule has 2 aromatic carbocycles. The summed E-state index contributed by atoms with van der Waals surface area (Å²) < 4.78 is 29.8. The Balaban J connectivity index is 1.88. The van der Waals surface area contributed by atoms with Crippen LogP contribution >= 0.6 is 11.6 Å². The number of aromatic nitrogens is 1. The third kappa shape index (κ3) is 4.32. The first kappa shape index (κ1) is 19.0. The average Bonchev–Trinajstić information content (AvgIpc) is 3.02. The number of hydrogen-bond donors (Lipinski definition) is 2. The Kier molecular flexibility index (Phi) is 5.25. The molecule has 0 aliphatic heterocycles. The highest BCUT2D eigenvalue weighted by atomic mass is 35.5. The molecule has 0 spiro atoms. The third-order valence-electron chi connectivity index (χ3n) is 3.99. The molecule has 0 radical (unpaired) electrons. The van der Waals surface area contributed by atoms with Gasteiger partial charge in [0.25, 0.3) is 15.9 Å². The highest BCUT2D eigenvalue weighted by molar-refractivity contribution is 7.92. The monoisotopic (exact) mass is 403 g/mol. The van der Waals surface area contributed by atoms with Crippen LogP contribution in [0.15, 0.2) is 65.7 Å². The highest BCUT2D eigenvalue weighted by Crippen LogP contribution is 2.24. The Labute approximate surface area is 162 Å². The van der Waals surface area contributed by atoms with Crippen LogP contribution in [0.4, 0.5) is 11.4 Å². The Bertz CT molecular complexity index is 1110. The van der Waals surface area contributed by atoms with Crippen LogP contribution < -0.4 is 10.0 Å². The van der Waals surface area contributed by atoms with E-state index in [1.165, 1.54) is 12.1 Å². The second-order valence-corrected chi connectivity index (χ2v) is 8.14. The molecule has 8 heteroatoms. The van der Waals surface area contributed by atoms with Gasteiger partial charge in [-0.05, 0) is 55.0 Å². The van der Waals surface area contributed by atoms with Crippen LogP contribution in [-0.2, 0) is 17.1 Å². The summed E-state index contributed by atoms with van der Waals surface area (Å²) >= 11 is 5.91. The van der Waals surface area contributed by atoms with Crippen molar-refractivity contribution in [1.29, 1.82) is 0 Å². The number of nitrogens with one attached hydrogen (secondary N) is 2. The van der Waals surface area contributed by atoms with Crippen molar-refractivity contribution >= 4 is 38.9 Å². The predicted molar refractivity (Wildman–Crippen MR) is 107 cm³/mol. The van der Waals surface area contributed by atoms with Crippen molar-refractivity contribution in [2.24, 2.45) is 7.05 Å². The normalized spacial score (nSPS) is 11.2. The van der Waals surface area contributed by atoms with Gasteiger partial charge in [0, 0.05) is 24.0 Å². The molecule has 6 nitrogen and oxygen atoms in total. The lowest BCUT2D eigenvalue weighted by molar-refractivity contribution is 0.101. The van der Waals surface area contributed by atoms with Crippen molar-refractivity contribution in [3.8, 4) is 0 Å². The van der Waals surface area contributed by atoms with Crippen molar-refractivity contribution in [2.45, 2.75) is 11.8 Å². The van der Waals surface area contributed by atoms with Crippen LogP contribution in [0, 0.1) is 6.92 Å². The molecular formula is C19H18ClN3O3S. The van der Waals surface area contributed by atoms with Crippen molar-refractivity contribution in [3.05, 3.63) is 77.1 Å². The van der Waals surface area contributed by atoms with Crippen LogP contribution in [0.5, 0.6) is 0 Å². The summed E-state index contributed by atoms with van der Waals surface area (Å²) in [6.45, 7) is 1.69. The van der Waals surface area contributed by atoms with Crippen LogP contribution in [-0.4, -0.2) is 18.9 Å². The molecule has 2 N–H and O–H groups in total. The highest BCUT2D eigenvalue weighted by Gasteiger charge is 2.19. The molecule has 0 unspecified atom stereocenters. The first-order valence-corrected chi connectivity index (χ1v) is 9.94. The fourth-order valence-corrected chi connectivity index (χ4v) is 4.13. The molecule has 3 aromatic rings. The number of rotatable bonds is 5. The molecule has 3 rings (SSSR count). The van der Waals surface area contributed by atoms with E-state index >= 15 is 0 Å². The number of carbonyl (C=O) groups is 1. The number of hydrogen-bond acceptors (Lipinski definition) is 3. The SMILES string of the molecule is Cc1ccc(NC(=O)c2cccn2C)cc1S(=O)(=O)Nc1cccc(Cl)c1. The first-order valence-electron chi connectivity index (χ1n) is 8.08. The zero-order valence-corrected chi connectivity index (χ0v) is 16.3. The van der Waals surface area contributed by atoms with Gasteiger partial charge in [0.2, 0.25) is 0 Å². The number of nitrogens with zero attached hydrogens (tertiary/aromatic N) is 1. The van der Waals surface area contributed by atoms with E-state index in [4.69, 9.17) is 11.6 Å². The molecule has 1 heterocycles. The summed E-state index contributed by atoms with van der Waals surface area (Å²) in [4.78, 5) is 12.4. The molecule has 27 heavy (non-hydrogen) atoms. The first-order chi connectivity index (χ1) is 12.8. The second kappa shape index (κ2) is 7.46. The number of carbonyl (C=O) groups excluding carboxylic acids is 1. The molecule has 0 aliphatic carbocycles. The Morgan fingerprint density at radius 3 is 2.48 bits per heavy atom. The minimum Gasteiger partial charge on any atom is -0.347 e. The van der Waals surface area contributed by atoms with E-state index in [0.29, 0.717) is 27.7 Å². The molecule has 1 aromatic heterocycles. The molecule has 140 valence electrons. The van der Waals surface area contributed by atoms with E-state index in [9.17, 15) is 13.2 Å². The van der Waals surface area contributed by atoms with E-state index in [-0.39, 0.29) is 10.8 Å². The largest absolute Gasteiger partial charge is 0.347 e. The maximum atomic E-state index is 12.8. The number of anilines is 2. The topological polar surface area (TPSA) is 80.2 Å². The third-order valence-corrected chi connectivity index (χ3v) is 5.75. The average molecular weight is 404 g/mol. The van der Waals surface area contributed by atoms with Gasteiger partial charge in [-0.1, -0.05) is 23.7 Å². The lowest BCUT2D eigenvalue weighted by atomic mass is 10.2. The molecule has 0 bridgehead atoms. The smallest absolute Gasteiger partial charge is 0.272 e. The van der Waals surface area contributed by atoms with Gasteiger partial charge in [0.05, 0.1) is 10.6 Å². The molecular weight excluding hydrogens is 386 g/mol. The number of amides is 1. The predicted octanol–water partition coefficient (Wildman–Crippen LogP) is 4.04. The molecule has 0 fully saturated rings. The maximum Gasteiger partial charge on any atom is 0.272 e. The van der Waals surface area contributed by atoms with Gasteiger partial charge in [0.1, 0.15) is 5.69 Å². The minimum absolute atomic E-state index is 0.0761. The van der Waals surface area contributed by atoms with Crippen LogP contribution in [0.3, 0.4) is 0 Å². The van der Waals surface area contributed by atoms with Crippen LogP contribution in [0.1, 0.15) is 16.1 Å². The van der Waals surface area contributed by atoms with Crippen molar-refractivity contribution in [1.82, 2.24) is 4.57 Å². The summed E-state index contributed by atoms with van der Waals surface area (Å²) in [5.41, 5.74) is 1.77. The van der Waals surface area contributed by atoms with Crippen molar-refractivity contribution in [3.63, 3.8) is 0 Å². The Morgan fingerprint density at radius 2 is 1.81 bits per heavy atom. The number of halogens is 1. The van der Waals surface area contributed by atoms with E-state index in [2.05, 4.69) is 10.0 Å². The Morgan fingerprint density at radius 1 is 1.04 bits per heavy atom.